The average Bonchev–Trinajstić information content (AvgIpc) is 2.65. The van der Waals surface area contributed by atoms with E-state index in [0.29, 0.717) is 0 Å². The average molecular weight is 546 g/mol. The summed E-state index contributed by atoms with van der Waals surface area (Å²) < 4.78 is 90.1. The molecule has 0 atom stereocenters. The number of hydrogen-bond acceptors (Lipinski definition) is 11. The molecule has 0 aliphatic carbocycles. The summed E-state index contributed by atoms with van der Waals surface area (Å²) in [5.74, 6) is -1.24. The molecule has 2 rings (SSSR count). The Morgan fingerprint density at radius 2 is 1.62 bits per heavy atom. The summed E-state index contributed by atoms with van der Waals surface area (Å²) >= 11 is 0. The standard InChI is InChI=1S/C16H18N4O10S3.Na/c1-10(21)18-14-8-13(17)16(32(24,25)26)9-15(14)20-19-11-2-4-12(5-3-11)31(22,23)7-6-30-33(27,28)29;/h2-5,8-9H,6-7,17H2,1H3,(H,18,21)(H,24,25,26)(H,27,28,29);. The second-order valence-electron chi connectivity index (χ2n) is 6.33. The molecule has 2 aromatic carbocycles. The van der Waals surface area contributed by atoms with Gasteiger partial charge >= 0.3 is 10.4 Å². The van der Waals surface area contributed by atoms with Crippen LogP contribution in [0.2, 0.25) is 0 Å². The molecule has 181 valence electrons. The van der Waals surface area contributed by atoms with E-state index in [-0.39, 0.29) is 57.2 Å². The van der Waals surface area contributed by atoms with E-state index in [1.165, 1.54) is 19.1 Å². The molecule has 1 radical (unpaired) electrons. The molecule has 0 aromatic heterocycles. The number of anilines is 2. The molecule has 0 bridgehead atoms. The molecule has 0 fully saturated rings. The minimum atomic E-state index is -4.77. The Morgan fingerprint density at radius 1 is 1.03 bits per heavy atom. The van der Waals surface area contributed by atoms with Crippen LogP contribution >= 0.6 is 0 Å². The predicted octanol–water partition coefficient (Wildman–Crippen LogP) is 1.10. The fourth-order valence-electron chi connectivity index (χ4n) is 2.38. The Hall–Kier alpha value is -1.96. The van der Waals surface area contributed by atoms with Gasteiger partial charge in [0, 0.05) is 36.5 Å². The topological polar surface area (TPSA) is 232 Å². The summed E-state index contributed by atoms with van der Waals surface area (Å²) in [5, 5.41) is 10.1. The second-order valence-corrected chi connectivity index (χ2v) is 10.9. The minimum Gasteiger partial charge on any atom is -0.398 e. The van der Waals surface area contributed by atoms with Gasteiger partial charge in [0.1, 0.15) is 10.6 Å². The van der Waals surface area contributed by atoms with Crippen LogP contribution in [0.3, 0.4) is 0 Å². The fourth-order valence-corrected chi connectivity index (χ4v) is 4.49. The molecule has 0 spiro atoms. The number of nitrogens with one attached hydrogen (secondary N) is 1. The van der Waals surface area contributed by atoms with Crippen LogP contribution in [0.25, 0.3) is 0 Å². The van der Waals surface area contributed by atoms with Gasteiger partial charge in [-0.25, -0.2) is 12.6 Å². The van der Waals surface area contributed by atoms with Gasteiger partial charge in [-0.2, -0.15) is 21.9 Å². The van der Waals surface area contributed by atoms with Gasteiger partial charge in [0.05, 0.1) is 34.3 Å². The third-order valence-corrected chi connectivity index (χ3v) is 6.84. The number of amides is 1. The Balaban J connectivity index is 0.00000578. The fraction of sp³-hybridized carbons (Fsp3) is 0.188. The zero-order valence-corrected chi connectivity index (χ0v) is 22.2. The van der Waals surface area contributed by atoms with E-state index in [1.54, 1.807) is 0 Å². The maximum absolute atomic E-state index is 12.2. The zero-order valence-electron chi connectivity index (χ0n) is 17.7. The summed E-state index contributed by atoms with van der Waals surface area (Å²) in [7, 11) is -13.4. The quantitative estimate of drug-likeness (QED) is 0.151. The van der Waals surface area contributed by atoms with Crippen LogP contribution in [0.5, 0.6) is 0 Å². The van der Waals surface area contributed by atoms with E-state index >= 15 is 0 Å². The van der Waals surface area contributed by atoms with Gasteiger partial charge in [-0.05, 0) is 36.4 Å². The number of benzene rings is 2. The van der Waals surface area contributed by atoms with Crippen molar-refractivity contribution in [2.24, 2.45) is 10.2 Å². The number of nitrogens with zero attached hydrogens (tertiary/aromatic N) is 2. The number of carbonyl (C=O) groups excluding carboxylic acids is 1. The molecule has 1 amide bonds. The molecular weight excluding hydrogens is 527 g/mol. The van der Waals surface area contributed by atoms with Crippen LogP contribution in [0.15, 0.2) is 56.4 Å². The first kappa shape index (κ1) is 30.1. The van der Waals surface area contributed by atoms with Crippen molar-refractivity contribution < 1.29 is 43.3 Å². The van der Waals surface area contributed by atoms with Crippen LogP contribution in [-0.4, -0.2) is 82.2 Å². The molecule has 0 aliphatic heterocycles. The Bertz CT molecular complexity index is 1410. The number of hydrogen-bond donors (Lipinski definition) is 4. The number of sulfone groups is 1. The van der Waals surface area contributed by atoms with Gasteiger partial charge in [0.2, 0.25) is 5.91 Å². The maximum Gasteiger partial charge on any atom is 0.397 e. The van der Waals surface area contributed by atoms with Crippen molar-refractivity contribution in [3.05, 3.63) is 36.4 Å². The normalized spacial score (nSPS) is 12.3. The van der Waals surface area contributed by atoms with Crippen LogP contribution in [0.4, 0.5) is 22.7 Å². The number of carbonyl (C=O) groups is 1. The molecule has 5 N–H and O–H groups in total. The van der Waals surface area contributed by atoms with E-state index < -0.39 is 53.5 Å². The van der Waals surface area contributed by atoms with Crippen molar-refractivity contribution in [3.8, 4) is 0 Å². The monoisotopic (exact) mass is 545 g/mol. The van der Waals surface area contributed by atoms with Crippen molar-refractivity contribution in [1.82, 2.24) is 0 Å². The van der Waals surface area contributed by atoms with E-state index in [1.807, 2.05) is 0 Å². The van der Waals surface area contributed by atoms with Gasteiger partial charge in [-0.15, -0.1) is 5.11 Å². The summed E-state index contributed by atoms with van der Waals surface area (Å²) in [6.45, 7) is 0.399. The van der Waals surface area contributed by atoms with Crippen molar-refractivity contribution in [3.63, 3.8) is 0 Å². The van der Waals surface area contributed by atoms with E-state index in [4.69, 9.17) is 10.3 Å². The number of nitrogen functional groups attached to an aromatic ring is 1. The molecule has 0 heterocycles. The summed E-state index contributed by atoms with van der Waals surface area (Å²) in [5.41, 5.74) is 5.23. The van der Waals surface area contributed by atoms with Crippen molar-refractivity contribution in [1.29, 1.82) is 0 Å². The number of azo groups is 1. The molecule has 0 unspecified atom stereocenters. The maximum atomic E-state index is 12.2. The van der Waals surface area contributed by atoms with Crippen molar-refractivity contribution in [2.75, 3.05) is 23.4 Å². The minimum absolute atomic E-state index is 0. The smallest absolute Gasteiger partial charge is 0.397 e. The molecular formula is C16H18N4NaO10S3. The Morgan fingerprint density at radius 3 is 2.12 bits per heavy atom. The molecule has 18 heteroatoms. The Kier molecular flexibility index (Phi) is 10.3. The molecule has 0 saturated heterocycles. The van der Waals surface area contributed by atoms with Gasteiger partial charge in [-0.3, -0.25) is 13.9 Å². The third-order valence-electron chi connectivity index (χ3n) is 3.77. The first-order chi connectivity index (χ1) is 15.1. The summed E-state index contributed by atoms with van der Waals surface area (Å²) in [6, 6.07) is 6.77. The van der Waals surface area contributed by atoms with Gasteiger partial charge in [0.15, 0.2) is 9.84 Å². The van der Waals surface area contributed by atoms with Crippen LogP contribution in [0.1, 0.15) is 6.92 Å². The molecule has 0 saturated carbocycles. The second kappa shape index (κ2) is 11.6. The SMILES string of the molecule is CC(=O)Nc1cc(N)c(S(=O)(=O)O)cc1N=Nc1ccc(S(=O)(=O)CCOS(=O)(=O)O)cc1.[Na]. The van der Waals surface area contributed by atoms with E-state index in [2.05, 4.69) is 19.7 Å². The summed E-state index contributed by atoms with van der Waals surface area (Å²) in [4.78, 5) is 10.5. The molecule has 14 nitrogen and oxygen atoms in total. The number of nitrogens with two attached hydrogens (primary N) is 1. The van der Waals surface area contributed by atoms with Gasteiger partial charge < -0.3 is 11.1 Å². The zero-order chi connectivity index (χ0) is 25.0. The largest absolute Gasteiger partial charge is 0.398 e. The van der Waals surface area contributed by atoms with Crippen molar-refractivity contribution in [2.45, 2.75) is 16.7 Å². The van der Waals surface area contributed by atoms with Crippen LogP contribution in [-0.2, 0) is 39.3 Å². The molecule has 2 aromatic rings. The van der Waals surface area contributed by atoms with Crippen LogP contribution in [0, 0.1) is 0 Å². The first-order valence-electron chi connectivity index (χ1n) is 8.63. The van der Waals surface area contributed by atoms with E-state index in [9.17, 15) is 34.6 Å². The first-order valence-corrected chi connectivity index (χ1v) is 13.1. The molecule has 0 aliphatic rings. The van der Waals surface area contributed by atoms with Gasteiger partial charge in [0.25, 0.3) is 10.1 Å². The van der Waals surface area contributed by atoms with Gasteiger partial charge in [-0.1, -0.05) is 0 Å². The third kappa shape index (κ3) is 9.01. The van der Waals surface area contributed by atoms with E-state index in [0.717, 1.165) is 24.3 Å². The predicted molar refractivity (Wildman–Crippen MR) is 121 cm³/mol. The summed E-state index contributed by atoms with van der Waals surface area (Å²) in [6.07, 6.45) is 0. The number of rotatable bonds is 9. The Labute approximate surface area is 217 Å². The van der Waals surface area contributed by atoms with Crippen LogP contribution < -0.4 is 11.1 Å². The van der Waals surface area contributed by atoms with Crippen molar-refractivity contribution >= 4 is 88.6 Å². The molecule has 34 heavy (non-hydrogen) atoms.